The minimum Gasteiger partial charge on any atom is -0.386 e. The fraction of sp³-hybridized carbons (Fsp3) is 0.111. The Morgan fingerprint density at radius 3 is 2.55 bits per heavy atom. The molecule has 0 radical (unpaired) electrons. The average Bonchev–Trinajstić information content (AvgIpc) is 1.97. The smallest absolute Gasteiger partial charge is 0.0930 e. The number of hydrogen-bond acceptors (Lipinski definition) is 2. The second-order valence-corrected chi connectivity index (χ2v) is 2.00. The fourth-order valence-electron chi connectivity index (χ4n) is 0.546. The molecule has 0 heterocycles. The molecule has 11 heavy (non-hydrogen) atoms. The molecule has 0 rings (SSSR count). The summed E-state index contributed by atoms with van der Waals surface area (Å²) in [5, 5.41) is 2.84. The van der Waals surface area contributed by atoms with Crippen molar-refractivity contribution in [3.05, 3.63) is 49.0 Å². The largest absolute Gasteiger partial charge is 0.386 e. The Balaban J connectivity index is 4.15. The van der Waals surface area contributed by atoms with E-state index in [2.05, 4.69) is 18.5 Å². The zero-order valence-electron chi connectivity index (χ0n) is 6.80. The van der Waals surface area contributed by atoms with Crippen LogP contribution in [0.5, 0.6) is 0 Å². The predicted molar refractivity (Wildman–Crippen MR) is 49.6 cm³/mol. The van der Waals surface area contributed by atoms with Crippen LogP contribution in [0.3, 0.4) is 0 Å². The van der Waals surface area contributed by atoms with E-state index in [0.29, 0.717) is 5.82 Å². The van der Waals surface area contributed by atoms with Crippen molar-refractivity contribution in [2.45, 2.75) is 6.92 Å². The highest BCUT2D eigenvalue weighted by atomic mass is 15.0. The van der Waals surface area contributed by atoms with Crippen LogP contribution in [0.15, 0.2) is 49.0 Å². The van der Waals surface area contributed by atoms with Crippen LogP contribution < -0.4 is 11.1 Å². The zero-order chi connectivity index (χ0) is 8.69. The van der Waals surface area contributed by atoms with Gasteiger partial charge in [0.2, 0.25) is 0 Å². The Bertz CT molecular complexity index is 200. The van der Waals surface area contributed by atoms with Gasteiger partial charge in [-0.2, -0.15) is 0 Å². The van der Waals surface area contributed by atoms with Gasteiger partial charge in [-0.1, -0.05) is 25.3 Å². The first-order valence-corrected chi connectivity index (χ1v) is 3.37. The Kier molecular flexibility index (Phi) is 4.65. The minimum atomic E-state index is 0.417. The second-order valence-electron chi connectivity index (χ2n) is 2.00. The van der Waals surface area contributed by atoms with E-state index in [9.17, 15) is 0 Å². The Labute approximate surface area is 67.8 Å². The number of allylic oxidation sites excluding steroid dienone is 4. The zero-order valence-corrected chi connectivity index (χ0v) is 6.80. The molecule has 3 N–H and O–H groups in total. The topological polar surface area (TPSA) is 38.0 Å². The van der Waals surface area contributed by atoms with Crippen LogP contribution in [0.25, 0.3) is 0 Å². The van der Waals surface area contributed by atoms with Crippen molar-refractivity contribution in [2.24, 2.45) is 5.73 Å². The first-order valence-electron chi connectivity index (χ1n) is 3.37. The van der Waals surface area contributed by atoms with Gasteiger partial charge in [0.1, 0.15) is 0 Å². The summed E-state index contributed by atoms with van der Waals surface area (Å²) in [4.78, 5) is 0. The van der Waals surface area contributed by atoms with Gasteiger partial charge in [0.25, 0.3) is 0 Å². The molecular weight excluding hydrogens is 136 g/mol. The van der Waals surface area contributed by atoms with E-state index in [1.165, 1.54) is 0 Å². The van der Waals surface area contributed by atoms with Gasteiger partial charge in [-0.05, 0) is 19.1 Å². The maximum Gasteiger partial charge on any atom is 0.0930 e. The Hall–Kier alpha value is -1.44. The lowest BCUT2D eigenvalue weighted by Crippen LogP contribution is -2.16. The van der Waals surface area contributed by atoms with Crippen LogP contribution in [-0.2, 0) is 0 Å². The third-order valence-electron chi connectivity index (χ3n) is 0.993. The molecular formula is C9H14N2. The lowest BCUT2D eigenvalue weighted by Gasteiger charge is -2.03. The lowest BCUT2D eigenvalue weighted by atomic mass is 10.3. The van der Waals surface area contributed by atoms with Gasteiger partial charge >= 0.3 is 0 Å². The van der Waals surface area contributed by atoms with E-state index >= 15 is 0 Å². The maximum atomic E-state index is 5.32. The lowest BCUT2D eigenvalue weighted by molar-refractivity contribution is 0.988. The van der Waals surface area contributed by atoms with Crippen molar-refractivity contribution in [2.75, 3.05) is 0 Å². The molecule has 0 amide bonds. The molecule has 0 unspecified atom stereocenters. The minimum absolute atomic E-state index is 0.417. The third kappa shape index (κ3) is 5.03. The molecule has 0 aliphatic rings. The van der Waals surface area contributed by atoms with Crippen molar-refractivity contribution >= 4 is 0 Å². The molecule has 60 valence electrons. The van der Waals surface area contributed by atoms with Crippen molar-refractivity contribution in [3.8, 4) is 0 Å². The average molecular weight is 150 g/mol. The van der Waals surface area contributed by atoms with Crippen LogP contribution >= 0.6 is 0 Å². The Morgan fingerprint density at radius 1 is 1.55 bits per heavy atom. The van der Waals surface area contributed by atoms with Gasteiger partial charge in [-0.15, -0.1) is 0 Å². The summed E-state index contributed by atoms with van der Waals surface area (Å²) >= 11 is 0. The van der Waals surface area contributed by atoms with E-state index < -0.39 is 0 Å². The number of nitrogens with one attached hydrogen (secondary N) is 1. The highest BCUT2D eigenvalue weighted by Gasteiger charge is 1.86. The van der Waals surface area contributed by atoms with Crippen LogP contribution in [-0.4, -0.2) is 0 Å². The van der Waals surface area contributed by atoms with Crippen molar-refractivity contribution in [3.63, 3.8) is 0 Å². The molecule has 0 fully saturated rings. The summed E-state index contributed by atoms with van der Waals surface area (Å²) in [5.74, 6) is 0.417. The van der Waals surface area contributed by atoms with Crippen LogP contribution in [0.2, 0.25) is 0 Å². The molecule has 2 nitrogen and oxygen atoms in total. The molecule has 0 aliphatic heterocycles. The number of hydrogen-bond donors (Lipinski definition) is 2. The highest BCUT2D eigenvalue weighted by Crippen LogP contribution is 1.92. The summed E-state index contributed by atoms with van der Waals surface area (Å²) in [7, 11) is 0. The normalized spacial score (nSPS) is 11.5. The van der Waals surface area contributed by atoms with Crippen molar-refractivity contribution in [1.82, 2.24) is 5.32 Å². The van der Waals surface area contributed by atoms with E-state index in [4.69, 9.17) is 5.73 Å². The Morgan fingerprint density at radius 2 is 2.18 bits per heavy atom. The quantitative estimate of drug-likeness (QED) is 0.598. The molecule has 0 saturated carbocycles. The standard InChI is InChI=1S/C9H14N2/c1-4-6-7-9(5-2)11-8(3)10/h4-7,11H,2-3,10H2,1H3/b6-4-,9-7+. The molecule has 0 atom stereocenters. The molecule has 0 spiro atoms. The second kappa shape index (κ2) is 5.35. The van der Waals surface area contributed by atoms with Gasteiger partial charge in [-0.3, -0.25) is 0 Å². The van der Waals surface area contributed by atoms with Gasteiger partial charge in [0, 0.05) is 5.70 Å². The monoisotopic (exact) mass is 150 g/mol. The molecule has 0 aromatic heterocycles. The van der Waals surface area contributed by atoms with Gasteiger partial charge < -0.3 is 11.1 Å². The molecule has 0 aliphatic carbocycles. The summed E-state index contributed by atoms with van der Waals surface area (Å²) in [5.41, 5.74) is 6.17. The summed E-state index contributed by atoms with van der Waals surface area (Å²) < 4.78 is 0. The highest BCUT2D eigenvalue weighted by molar-refractivity contribution is 5.22. The fourth-order valence-corrected chi connectivity index (χ4v) is 0.546. The van der Waals surface area contributed by atoms with E-state index in [1.807, 2.05) is 25.2 Å². The molecule has 0 bridgehead atoms. The molecule has 2 heteroatoms. The van der Waals surface area contributed by atoms with Crippen LogP contribution in [0.1, 0.15) is 6.92 Å². The summed E-state index contributed by atoms with van der Waals surface area (Å²) in [6, 6.07) is 0. The summed E-state index contributed by atoms with van der Waals surface area (Å²) in [6.07, 6.45) is 7.36. The van der Waals surface area contributed by atoms with Gasteiger partial charge in [0.15, 0.2) is 0 Å². The first kappa shape index (κ1) is 9.56. The number of nitrogens with two attached hydrogens (primary N) is 1. The SMILES string of the molecule is C=C/C(=C\C=C/C)NC(=C)N. The van der Waals surface area contributed by atoms with Gasteiger partial charge in [0.05, 0.1) is 5.82 Å². The van der Waals surface area contributed by atoms with Crippen molar-refractivity contribution in [1.29, 1.82) is 0 Å². The number of rotatable bonds is 4. The van der Waals surface area contributed by atoms with Gasteiger partial charge in [-0.25, -0.2) is 0 Å². The van der Waals surface area contributed by atoms with Crippen LogP contribution in [0.4, 0.5) is 0 Å². The molecule has 0 aromatic rings. The van der Waals surface area contributed by atoms with Crippen LogP contribution in [0, 0.1) is 0 Å². The van der Waals surface area contributed by atoms with E-state index in [1.54, 1.807) is 6.08 Å². The first-order chi connectivity index (χ1) is 5.20. The van der Waals surface area contributed by atoms with E-state index in [-0.39, 0.29) is 0 Å². The maximum absolute atomic E-state index is 5.32. The predicted octanol–water partition coefficient (Wildman–Crippen LogP) is 1.65. The molecule has 0 aromatic carbocycles. The third-order valence-corrected chi connectivity index (χ3v) is 0.993. The molecule has 0 saturated heterocycles. The van der Waals surface area contributed by atoms with E-state index in [0.717, 1.165) is 5.70 Å². The summed E-state index contributed by atoms with van der Waals surface area (Å²) in [6.45, 7) is 9.05. The van der Waals surface area contributed by atoms with Crippen molar-refractivity contribution < 1.29 is 0 Å².